The summed E-state index contributed by atoms with van der Waals surface area (Å²) in [4.78, 5) is 19.9. The molecule has 0 heterocycles. The molecule has 2 rings (SSSR count). The molecule has 2 aromatic carbocycles. The Bertz CT molecular complexity index is 852. The predicted octanol–water partition coefficient (Wildman–Crippen LogP) is 3.97. The first kappa shape index (κ1) is 17.8. The number of halogens is 3. The molecule has 0 saturated carbocycles. The third kappa shape index (κ3) is 4.28. The van der Waals surface area contributed by atoms with Gasteiger partial charge in [0.2, 0.25) is 0 Å². The molecule has 25 heavy (non-hydrogen) atoms. The molecule has 0 atom stereocenters. The molecular weight excluding hydrogens is 345 g/mol. The fourth-order valence-corrected chi connectivity index (χ4v) is 1.92. The van der Waals surface area contributed by atoms with Crippen molar-refractivity contribution in [2.45, 2.75) is 6.18 Å². The summed E-state index contributed by atoms with van der Waals surface area (Å²) in [5.74, 6) is 0. The van der Waals surface area contributed by atoms with Crippen LogP contribution in [0.1, 0.15) is 11.1 Å². The van der Waals surface area contributed by atoms with Gasteiger partial charge in [-0.3, -0.25) is 25.7 Å². The van der Waals surface area contributed by atoms with Crippen LogP contribution in [0, 0.1) is 20.2 Å². The van der Waals surface area contributed by atoms with Crippen molar-refractivity contribution in [2.75, 3.05) is 5.43 Å². The second-order valence-electron chi connectivity index (χ2n) is 4.67. The second kappa shape index (κ2) is 6.95. The minimum absolute atomic E-state index is 0.198. The summed E-state index contributed by atoms with van der Waals surface area (Å²) in [5.41, 5.74) is -0.259. The Morgan fingerprint density at radius 3 is 2.32 bits per heavy atom. The molecule has 0 aliphatic rings. The number of alkyl halides is 3. The molecule has 0 amide bonds. The summed E-state index contributed by atoms with van der Waals surface area (Å²) < 4.78 is 38.6. The molecule has 1 N–H and O–H groups in total. The smallest absolute Gasteiger partial charge is 0.272 e. The van der Waals surface area contributed by atoms with Gasteiger partial charge in [0.05, 0.1) is 27.7 Å². The van der Waals surface area contributed by atoms with E-state index in [0.717, 1.165) is 30.5 Å². The van der Waals surface area contributed by atoms with Crippen LogP contribution in [0.5, 0.6) is 0 Å². The van der Waals surface area contributed by atoms with E-state index in [0.29, 0.717) is 0 Å². The molecule has 0 aliphatic carbocycles. The second-order valence-corrected chi connectivity index (χ2v) is 4.67. The number of nitrogens with one attached hydrogen (secondary N) is 1. The normalized spacial score (nSPS) is 11.5. The van der Waals surface area contributed by atoms with E-state index in [4.69, 9.17) is 0 Å². The van der Waals surface area contributed by atoms with E-state index in [9.17, 15) is 33.4 Å². The molecule has 11 heteroatoms. The minimum Gasteiger partial charge on any atom is -0.272 e. The quantitative estimate of drug-likeness (QED) is 0.496. The fraction of sp³-hybridized carbons (Fsp3) is 0.0714. The van der Waals surface area contributed by atoms with Gasteiger partial charge in [0, 0.05) is 11.6 Å². The van der Waals surface area contributed by atoms with Crippen LogP contribution >= 0.6 is 0 Å². The van der Waals surface area contributed by atoms with E-state index in [1.807, 2.05) is 0 Å². The van der Waals surface area contributed by atoms with Gasteiger partial charge >= 0.3 is 11.9 Å². The SMILES string of the molecule is O=[N+]([O-])c1ccc(NN=Cc2ccccc2C(F)(F)F)c([N+](=O)[O-])c1. The molecular formula is C14H9F3N4O4. The summed E-state index contributed by atoms with van der Waals surface area (Å²) in [6, 6.07) is 7.42. The minimum atomic E-state index is -4.58. The van der Waals surface area contributed by atoms with Crippen LogP contribution in [-0.2, 0) is 6.18 Å². The van der Waals surface area contributed by atoms with E-state index < -0.39 is 33.0 Å². The summed E-state index contributed by atoms with van der Waals surface area (Å²) in [7, 11) is 0. The number of anilines is 1. The molecule has 2 aromatic rings. The van der Waals surface area contributed by atoms with Gasteiger partial charge in [-0.05, 0) is 12.1 Å². The Labute approximate surface area is 137 Å². The Balaban J connectivity index is 2.29. The van der Waals surface area contributed by atoms with Gasteiger partial charge in [-0.15, -0.1) is 0 Å². The van der Waals surface area contributed by atoms with E-state index >= 15 is 0 Å². The number of non-ortho nitro benzene ring substituents is 1. The highest BCUT2D eigenvalue weighted by molar-refractivity contribution is 5.83. The molecule has 0 unspecified atom stereocenters. The lowest BCUT2D eigenvalue weighted by Gasteiger charge is -2.09. The van der Waals surface area contributed by atoms with Crippen LogP contribution < -0.4 is 5.43 Å². The Morgan fingerprint density at radius 2 is 1.72 bits per heavy atom. The molecule has 0 aromatic heterocycles. The average Bonchev–Trinajstić information content (AvgIpc) is 2.54. The van der Waals surface area contributed by atoms with E-state index in [-0.39, 0.29) is 11.3 Å². The van der Waals surface area contributed by atoms with Gasteiger partial charge < -0.3 is 0 Å². The summed E-state index contributed by atoms with van der Waals surface area (Å²) in [5, 5.41) is 25.2. The summed E-state index contributed by atoms with van der Waals surface area (Å²) >= 11 is 0. The molecule has 0 spiro atoms. The maximum absolute atomic E-state index is 12.9. The van der Waals surface area contributed by atoms with Crippen molar-refractivity contribution in [2.24, 2.45) is 5.10 Å². The highest BCUT2D eigenvalue weighted by Gasteiger charge is 2.32. The molecule has 0 bridgehead atoms. The molecule has 8 nitrogen and oxygen atoms in total. The van der Waals surface area contributed by atoms with Crippen molar-refractivity contribution in [3.05, 3.63) is 73.8 Å². The number of rotatable bonds is 5. The fourth-order valence-electron chi connectivity index (χ4n) is 1.92. The topological polar surface area (TPSA) is 111 Å². The largest absolute Gasteiger partial charge is 0.417 e. The summed E-state index contributed by atoms with van der Waals surface area (Å²) in [6.45, 7) is 0. The highest BCUT2D eigenvalue weighted by atomic mass is 19.4. The Hall–Kier alpha value is -3.50. The zero-order valence-corrected chi connectivity index (χ0v) is 12.2. The molecule has 0 aliphatic heterocycles. The van der Waals surface area contributed by atoms with Crippen LogP contribution in [0.2, 0.25) is 0 Å². The summed E-state index contributed by atoms with van der Waals surface area (Å²) in [6.07, 6.45) is -3.73. The highest BCUT2D eigenvalue weighted by Crippen LogP contribution is 2.31. The lowest BCUT2D eigenvalue weighted by atomic mass is 10.1. The molecule has 0 fully saturated rings. The third-order valence-electron chi connectivity index (χ3n) is 3.04. The lowest BCUT2D eigenvalue weighted by molar-refractivity contribution is -0.393. The van der Waals surface area contributed by atoms with Gasteiger partial charge in [0.15, 0.2) is 0 Å². The number of hydrogen-bond acceptors (Lipinski definition) is 6. The maximum Gasteiger partial charge on any atom is 0.417 e. The van der Waals surface area contributed by atoms with Gasteiger partial charge in [0.1, 0.15) is 5.69 Å². The van der Waals surface area contributed by atoms with Crippen molar-refractivity contribution in [3.8, 4) is 0 Å². The number of nitro groups is 2. The molecule has 0 radical (unpaired) electrons. The van der Waals surface area contributed by atoms with Crippen LogP contribution in [0.25, 0.3) is 0 Å². The molecule has 0 saturated heterocycles. The number of hydrazone groups is 1. The van der Waals surface area contributed by atoms with Crippen molar-refractivity contribution in [1.82, 2.24) is 0 Å². The van der Waals surface area contributed by atoms with Gasteiger partial charge in [0.25, 0.3) is 5.69 Å². The van der Waals surface area contributed by atoms with Crippen LogP contribution in [0.15, 0.2) is 47.6 Å². The number of benzene rings is 2. The van der Waals surface area contributed by atoms with Gasteiger partial charge in [-0.25, -0.2) is 0 Å². The van der Waals surface area contributed by atoms with E-state index in [1.54, 1.807) is 0 Å². The number of nitro benzene ring substituents is 2. The van der Waals surface area contributed by atoms with Crippen molar-refractivity contribution in [3.63, 3.8) is 0 Å². The predicted molar refractivity (Wildman–Crippen MR) is 82.4 cm³/mol. The molecule has 130 valence electrons. The van der Waals surface area contributed by atoms with E-state index in [2.05, 4.69) is 10.5 Å². The van der Waals surface area contributed by atoms with E-state index in [1.165, 1.54) is 18.2 Å². The number of nitrogens with zero attached hydrogens (tertiary/aromatic N) is 3. The first-order valence-corrected chi connectivity index (χ1v) is 6.58. The van der Waals surface area contributed by atoms with Crippen LogP contribution in [0.3, 0.4) is 0 Å². The third-order valence-corrected chi connectivity index (χ3v) is 3.04. The number of hydrogen-bond donors (Lipinski definition) is 1. The zero-order chi connectivity index (χ0) is 18.6. The lowest BCUT2D eigenvalue weighted by Crippen LogP contribution is -2.09. The Kier molecular flexibility index (Phi) is 4.96. The first-order valence-electron chi connectivity index (χ1n) is 6.58. The first-order chi connectivity index (χ1) is 11.7. The van der Waals surface area contributed by atoms with Crippen molar-refractivity contribution < 1.29 is 23.0 Å². The van der Waals surface area contributed by atoms with Crippen molar-refractivity contribution >= 4 is 23.3 Å². The van der Waals surface area contributed by atoms with Gasteiger partial charge in [-0.1, -0.05) is 18.2 Å². The monoisotopic (exact) mass is 354 g/mol. The maximum atomic E-state index is 12.9. The zero-order valence-electron chi connectivity index (χ0n) is 12.2. The van der Waals surface area contributed by atoms with Gasteiger partial charge in [-0.2, -0.15) is 18.3 Å². The standard InChI is InChI=1S/C14H9F3N4O4/c15-14(16,17)11-4-2-1-3-9(11)8-18-19-12-6-5-10(20(22)23)7-13(12)21(24)25/h1-8,19H. The Morgan fingerprint density at radius 1 is 1.04 bits per heavy atom. The van der Waals surface area contributed by atoms with Crippen LogP contribution in [0.4, 0.5) is 30.2 Å². The van der Waals surface area contributed by atoms with Crippen LogP contribution in [-0.4, -0.2) is 16.1 Å². The average molecular weight is 354 g/mol. The van der Waals surface area contributed by atoms with Crippen molar-refractivity contribution in [1.29, 1.82) is 0 Å².